The number of carbonyl (C=O) groups is 1. The first-order chi connectivity index (χ1) is 17.9. The Labute approximate surface area is 214 Å². The summed E-state index contributed by atoms with van der Waals surface area (Å²) >= 11 is 0. The van der Waals surface area contributed by atoms with Gasteiger partial charge in [-0.2, -0.15) is 13.2 Å². The molecular weight excluding hydrogens is 479 g/mol. The molecule has 1 aliphatic heterocycles. The van der Waals surface area contributed by atoms with Crippen LogP contribution in [0.1, 0.15) is 57.4 Å². The number of Topliss-reactive ketones (excluding diaryl/α,β-unsaturated/α-hetero) is 1. The molecule has 5 rings (SSSR count). The van der Waals surface area contributed by atoms with Crippen molar-refractivity contribution in [3.63, 3.8) is 0 Å². The van der Waals surface area contributed by atoms with Crippen molar-refractivity contribution < 1.29 is 27.4 Å². The number of fused-ring (bicyclic) bond motifs is 1. The number of carbonyl (C=O) groups excluding carboxylic acids is 1. The van der Waals surface area contributed by atoms with E-state index >= 15 is 0 Å². The topological polar surface area (TPSA) is 47.6 Å². The predicted octanol–water partition coefficient (Wildman–Crippen LogP) is 6.76. The van der Waals surface area contributed by atoms with Crippen LogP contribution in [0, 0.1) is 0 Å². The Morgan fingerprint density at radius 2 is 1.65 bits per heavy atom. The van der Waals surface area contributed by atoms with E-state index in [1.807, 2.05) is 36.4 Å². The Bertz CT molecular complexity index is 1330. The second-order valence-electron chi connectivity index (χ2n) is 9.31. The zero-order valence-electron chi connectivity index (χ0n) is 20.4. The first-order valence-electron chi connectivity index (χ1n) is 12.5. The first-order valence-corrected chi connectivity index (χ1v) is 12.5. The normalized spacial score (nSPS) is 15.6. The number of hydrogen-bond donors (Lipinski definition) is 1. The molecule has 0 saturated carbocycles. The van der Waals surface area contributed by atoms with Gasteiger partial charge in [-0.1, -0.05) is 42.5 Å². The lowest BCUT2D eigenvalue weighted by molar-refractivity contribution is -0.139. The molecule has 0 bridgehead atoms. The van der Waals surface area contributed by atoms with Gasteiger partial charge in [0.15, 0.2) is 5.78 Å². The van der Waals surface area contributed by atoms with E-state index in [-0.39, 0.29) is 18.1 Å². The molecule has 0 amide bonds. The quantitative estimate of drug-likeness (QED) is 0.384. The van der Waals surface area contributed by atoms with Crippen LogP contribution in [0.3, 0.4) is 0 Å². The summed E-state index contributed by atoms with van der Waals surface area (Å²) in [7, 11) is 0. The molecule has 0 atom stereocenters. The molecule has 37 heavy (non-hydrogen) atoms. The van der Waals surface area contributed by atoms with E-state index in [1.54, 1.807) is 0 Å². The van der Waals surface area contributed by atoms with Crippen molar-refractivity contribution in [1.82, 2.24) is 5.32 Å². The van der Waals surface area contributed by atoms with Gasteiger partial charge >= 0.3 is 6.18 Å². The molecule has 2 aliphatic rings. The van der Waals surface area contributed by atoms with E-state index in [0.29, 0.717) is 13.0 Å². The largest absolute Gasteiger partial charge is 0.489 e. The molecule has 4 nitrogen and oxygen atoms in total. The number of para-hydroxylation sites is 1. The van der Waals surface area contributed by atoms with Crippen LogP contribution in [0.2, 0.25) is 0 Å². The van der Waals surface area contributed by atoms with Crippen LogP contribution in [0.25, 0.3) is 5.57 Å². The third kappa shape index (κ3) is 5.72. The highest BCUT2D eigenvalue weighted by molar-refractivity contribution is 5.99. The van der Waals surface area contributed by atoms with Crippen molar-refractivity contribution in [3.05, 3.63) is 100 Å². The molecule has 0 radical (unpaired) electrons. The number of rotatable bonds is 7. The summed E-state index contributed by atoms with van der Waals surface area (Å²) in [6.45, 7) is 1.94. The van der Waals surface area contributed by atoms with Gasteiger partial charge in [0.05, 0.1) is 5.56 Å². The molecule has 192 valence electrons. The lowest BCUT2D eigenvalue weighted by Gasteiger charge is -2.21. The molecule has 1 heterocycles. The SMILES string of the molecule is O=C1CCCc2c(OCc3ccc(COc4ccccc4C(F)(F)F)cc3C3=CCNCC3)cccc21. The fourth-order valence-electron chi connectivity index (χ4n) is 4.93. The van der Waals surface area contributed by atoms with Gasteiger partial charge < -0.3 is 14.8 Å². The molecule has 0 saturated heterocycles. The molecular formula is C30H28F3NO3. The van der Waals surface area contributed by atoms with Gasteiger partial charge in [0.25, 0.3) is 0 Å². The Kier molecular flexibility index (Phi) is 7.33. The highest BCUT2D eigenvalue weighted by Gasteiger charge is 2.34. The summed E-state index contributed by atoms with van der Waals surface area (Å²) in [6.07, 6.45) is 0.697. The smallest absolute Gasteiger partial charge is 0.419 e. The van der Waals surface area contributed by atoms with Crippen molar-refractivity contribution in [2.75, 3.05) is 13.1 Å². The summed E-state index contributed by atoms with van der Waals surface area (Å²) in [6, 6.07) is 16.7. The highest BCUT2D eigenvalue weighted by Crippen LogP contribution is 2.36. The first kappa shape index (κ1) is 25.1. The Hall–Kier alpha value is -3.58. The average molecular weight is 508 g/mol. The van der Waals surface area contributed by atoms with E-state index in [0.717, 1.165) is 72.0 Å². The lowest BCUT2D eigenvalue weighted by atomic mass is 9.90. The van der Waals surface area contributed by atoms with Crippen molar-refractivity contribution in [2.45, 2.75) is 45.1 Å². The van der Waals surface area contributed by atoms with Crippen molar-refractivity contribution >= 4 is 11.4 Å². The van der Waals surface area contributed by atoms with Crippen molar-refractivity contribution in [3.8, 4) is 11.5 Å². The second-order valence-corrected chi connectivity index (χ2v) is 9.31. The van der Waals surface area contributed by atoms with E-state index in [9.17, 15) is 18.0 Å². The minimum atomic E-state index is -4.48. The molecule has 3 aromatic carbocycles. The molecule has 7 heteroatoms. The number of benzene rings is 3. The number of hydrogen-bond acceptors (Lipinski definition) is 4. The van der Waals surface area contributed by atoms with Crippen LogP contribution < -0.4 is 14.8 Å². The van der Waals surface area contributed by atoms with Crippen molar-refractivity contribution in [1.29, 1.82) is 0 Å². The zero-order chi connectivity index (χ0) is 25.8. The number of halogens is 3. The summed E-state index contributed by atoms with van der Waals surface area (Å²) in [5.41, 5.74) is 4.86. The highest BCUT2D eigenvalue weighted by atomic mass is 19.4. The minimum Gasteiger partial charge on any atom is -0.489 e. The Morgan fingerprint density at radius 1 is 0.838 bits per heavy atom. The van der Waals surface area contributed by atoms with E-state index in [2.05, 4.69) is 11.4 Å². The third-order valence-corrected chi connectivity index (χ3v) is 6.82. The lowest BCUT2D eigenvalue weighted by Crippen LogP contribution is -2.20. The number of alkyl halides is 3. The molecule has 0 spiro atoms. The number of nitrogens with one attached hydrogen (secondary N) is 1. The summed E-state index contributed by atoms with van der Waals surface area (Å²) in [5, 5.41) is 3.31. The maximum atomic E-state index is 13.4. The van der Waals surface area contributed by atoms with Crippen LogP contribution in [-0.4, -0.2) is 18.9 Å². The van der Waals surface area contributed by atoms with Crippen LogP contribution in [0.5, 0.6) is 11.5 Å². The fourth-order valence-corrected chi connectivity index (χ4v) is 4.93. The van der Waals surface area contributed by atoms with Crippen LogP contribution in [0.4, 0.5) is 13.2 Å². The second kappa shape index (κ2) is 10.8. The molecule has 0 aromatic heterocycles. The standard InChI is InChI=1S/C30H28F3NO3/c31-30(32,33)26-7-1-2-9-29(26)36-18-20-11-12-22(25(17-20)21-13-15-34-16-14-21)19-37-28-10-4-5-23-24(28)6-3-8-27(23)35/h1-2,4-5,7,9-13,17,34H,3,6,8,14-16,18-19H2. The van der Waals surface area contributed by atoms with Crippen LogP contribution in [-0.2, 0) is 25.8 Å². The van der Waals surface area contributed by atoms with Gasteiger partial charge in [-0.15, -0.1) is 0 Å². The Morgan fingerprint density at radius 3 is 2.46 bits per heavy atom. The summed E-state index contributed by atoms with van der Waals surface area (Å²) in [5.74, 6) is 0.698. The van der Waals surface area contributed by atoms with Gasteiger partial charge in [0, 0.05) is 24.1 Å². The average Bonchev–Trinajstić information content (AvgIpc) is 2.91. The van der Waals surface area contributed by atoms with Crippen LogP contribution >= 0.6 is 0 Å². The van der Waals surface area contributed by atoms with E-state index < -0.39 is 11.7 Å². The van der Waals surface area contributed by atoms with Gasteiger partial charge in [0.2, 0.25) is 0 Å². The monoisotopic (exact) mass is 507 g/mol. The van der Waals surface area contributed by atoms with Gasteiger partial charge in [-0.25, -0.2) is 0 Å². The third-order valence-electron chi connectivity index (χ3n) is 6.82. The number of ether oxygens (including phenoxy) is 2. The van der Waals surface area contributed by atoms with Gasteiger partial charge in [0.1, 0.15) is 24.7 Å². The Balaban J connectivity index is 1.39. The maximum Gasteiger partial charge on any atom is 0.419 e. The summed E-state index contributed by atoms with van der Waals surface area (Å²) in [4.78, 5) is 12.3. The number of ketones is 1. The van der Waals surface area contributed by atoms with Crippen molar-refractivity contribution in [2.24, 2.45) is 0 Å². The minimum absolute atomic E-state index is 0.0149. The predicted molar refractivity (Wildman–Crippen MR) is 136 cm³/mol. The maximum absolute atomic E-state index is 13.4. The zero-order valence-corrected chi connectivity index (χ0v) is 20.4. The molecule has 0 fully saturated rings. The molecule has 1 aliphatic carbocycles. The molecule has 1 N–H and O–H groups in total. The van der Waals surface area contributed by atoms with Gasteiger partial charge in [-0.3, -0.25) is 4.79 Å². The molecule has 0 unspecified atom stereocenters. The van der Waals surface area contributed by atoms with Gasteiger partial charge in [-0.05, 0) is 72.3 Å². The van der Waals surface area contributed by atoms with Crippen LogP contribution in [0.15, 0.2) is 66.7 Å². The molecule has 3 aromatic rings. The van der Waals surface area contributed by atoms with E-state index in [4.69, 9.17) is 9.47 Å². The summed E-state index contributed by atoms with van der Waals surface area (Å²) < 4.78 is 51.9. The van der Waals surface area contributed by atoms with E-state index in [1.165, 1.54) is 23.8 Å². The fraction of sp³-hybridized carbons (Fsp3) is 0.300.